The molecule has 1 unspecified atom stereocenters. The van der Waals surface area contributed by atoms with Crippen LogP contribution in [-0.2, 0) is 4.79 Å². The van der Waals surface area contributed by atoms with Crippen molar-refractivity contribution in [3.05, 3.63) is 34.3 Å². The Kier molecular flexibility index (Phi) is 4.68. The maximum Gasteiger partial charge on any atom is 0.321 e. The van der Waals surface area contributed by atoms with E-state index in [0.29, 0.717) is 16.5 Å². The molecule has 0 amide bonds. The number of hydrogen-bond donors (Lipinski definition) is 1. The van der Waals surface area contributed by atoms with Crippen LogP contribution < -0.4 is 0 Å². The van der Waals surface area contributed by atoms with Gasteiger partial charge in [-0.2, -0.15) is 0 Å². The first-order valence-electron chi connectivity index (χ1n) is 6.26. The van der Waals surface area contributed by atoms with E-state index in [-0.39, 0.29) is 0 Å². The van der Waals surface area contributed by atoms with E-state index >= 15 is 0 Å². The summed E-state index contributed by atoms with van der Waals surface area (Å²) in [5, 5.41) is 9.65. The summed E-state index contributed by atoms with van der Waals surface area (Å²) in [5.74, 6) is -0.351. The fourth-order valence-electron chi connectivity index (χ4n) is 2.59. The molecule has 0 aliphatic heterocycles. The van der Waals surface area contributed by atoms with Gasteiger partial charge in [-0.1, -0.05) is 58.9 Å². The number of carboxylic acids is 1. The van der Waals surface area contributed by atoms with Crippen molar-refractivity contribution in [1.29, 1.82) is 0 Å². The van der Waals surface area contributed by atoms with E-state index in [2.05, 4.69) is 15.9 Å². The summed E-state index contributed by atoms with van der Waals surface area (Å²) in [6.07, 6.45) is 6.22. The Hall–Kier alpha value is -0.540. The molecular formula is C14H16BrClO2. The molecule has 0 saturated heterocycles. The van der Waals surface area contributed by atoms with Gasteiger partial charge >= 0.3 is 5.97 Å². The van der Waals surface area contributed by atoms with Gasteiger partial charge in [-0.25, -0.2) is 0 Å². The molecule has 0 spiro atoms. The van der Waals surface area contributed by atoms with E-state index in [9.17, 15) is 4.79 Å². The molecule has 1 aromatic rings. The third-order valence-electron chi connectivity index (χ3n) is 3.58. The van der Waals surface area contributed by atoms with Gasteiger partial charge in [0.25, 0.3) is 0 Å². The number of benzene rings is 1. The Morgan fingerprint density at radius 2 is 2.00 bits per heavy atom. The number of halogens is 2. The number of carbonyl (C=O) groups is 1. The van der Waals surface area contributed by atoms with Crippen LogP contribution in [0.25, 0.3) is 0 Å². The smallest absolute Gasteiger partial charge is 0.321 e. The molecule has 98 valence electrons. The number of hydrogen-bond acceptors (Lipinski definition) is 1. The lowest BCUT2D eigenvalue weighted by Gasteiger charge is -2.23. The summed E-state index contributed by atoms with van der Waals surface area (Å²) in [5.41, 5.74) is 1.87. The van der Waals surface area contributed by atoms with Crippen LogP contribution in [0.4, 0.5) is 0 Å². The second kappa shape index (κ2) is 6.07. The van der Waals surface area contributed by atoms with Crippen LogP contribution in [-0.4, -0.2) is 11.1 Å². The minimum Gasteiger partial charge on any atom is -0.480 e. The first kappa shape index (κ1) is 13.9. The summed E-state index contributed by atoms with van der Waals surface area (Å²) in [4.78, 5) is 10.2. The van der Waals surface area contributed by atoms with Crippen LogP contribution in [0.5, 0.6) is 0 Å². The highest BCUT2D eigenvalue weighted by Gasteiger charge is 2.21. The van der Waals surface area contributed by atoms with Gasteiger partial charge in [0.05, 0.1) is 0 Å². The van der Waals surface area contributed by atoms with E-state index in [0.717, 1.165) is 0 Å². The molecule has 0 heterocycles. The number of rotatable bonds is 3. The molecule has 2 nitrogen and oxygen atoms in total. The number of alkyl halides is 1. The predicted molar refractivity (Wildman–Crippen MR) is 76.6 cm³/mol. The maximum absolute atomic E-state index is 10.9. The quantitative estimate of drug-likeness (QED) is 0.799. The van der Waals surface area contributed by atoms with Gasteiger partial charge in [0.15, 0.2) is 0 Å². The Bertz CT molecular complexity index is 441. The second-order valence-corrected chi connectivity index (χ2v) is 6.14. The summed E-state index contributed by atoms with van der Waals surface area (Å²) in [6.45, 7) is 0. The van der Waals surface area contributed by atoms with Crippen molar-refractivity contribution in [3.8, 4) is 0 Å². The van der Waals surface area contributed by atoms with Crippen molar-refractivity contribution in [1.82, 2.24) is 0 Å². The Morgan fingerprint density at radius 1 is 1.33 bits per heavy atom. The zero-order valence-electron chi connectivity index (χ0n) is 10.0. The Labute approximate surface area is 120 Å². The zero-order valence-corrected chi connectivity index (χ0v) is 12.4. The Balaban J connectivity index is 2.21. The third-order valence-corrected chi connectivity index (χ3v) is 4.83. The number of aliphatic carboxylic acids is 1. The average molecular weight is 332 g/mol. The highest BCUT2D eigenvalue weighted by Crippen LogP contribution is 2.37. The van der Waals surface area contributed by atoms with Crippen molar-refractivity contribution in [2.24, 2.45) is 0 Å². The van der Waals surface area contributed by atoms with Gasteiger partial charge in [-0.3, -0.25) is 4.79 Å². The van der Waals surface area contributed by atoms with Gasteiger partial charge in [0.1, 0.15) is 4.83 Å². The van der Waals surface area contributed by atoms with Gasteiger partial charge < -0.3 is 5.11 Å². The van der Waals surface area contributed by atoms with E-state index < -0.39 is 10.8 Å². The molecular weight excluding hydrogens is 316 g/mol. The van der Waals surface area contributed by atoms with Crippen LogP contribution in [0.15, 0.2) is 18.2 Å². The highest BCUT2D eigenvalue weighted by atomic mass is 79.9. The molecule has 18 heavy (non-hydrogen) atoms. The minimum absolute atomic E-state index is 0.541. The van der Waals surface area contributed by atoms with Crippen molar-refractivity contribution in [2.45, 2.75) is 42.8 Å². The van der Waals surface area contributed by atoms with Crippen molar-refractivity contribution < 1.29 is 9.90 Å². The lowest BCUT2D eigenvalue weighted by molar-refractivity contribution is -0.136. The van der Waals surface area contributed by atoms with Crippen LogP contribution in [0, 0.1) is 0 Å². The molecule has 1 N–H and O–H groups in total. The monoisotopic (exact) mass is 330 g/mol. The predicted octanol–water partition coefficient (Wildman–Crippen LogP) is 4.91. The molecule has 1 fully saturated rings. The van der Waals surface area contributed by atoms with Crippen molar-refractivity contribution in [2.75, 3.05) is 0 Å². The molecule has 0 aromatic heterocycles. The normalized spacial score (nSPS) is 18.6. The topological polar surface area (TPSA) is 37.3 Å². The zero-order chi connectivity index (χ0) is 13.1. The molecule has 0 radical (unpaired) electrons. The van der Waals surface area contributed by atoms with E-state index in [1.807, 2.05) is 12.1 Å². The van der Waals surface area contributed by atoms with Gasteiger partial charge in [-0.05, 0) is 36.0 Å². The molecule has 1 saturated carbocycles. The lowest BCUT2D eigenvalue weighted by Crippen LogP contribution is -2.07. The first-order chi connectivity index (χ1) is 8.59. The molecule has 2 rings (SSSR count). The summed E-state index contributed by atoms with van der Waals surface area (Å²) < 4.78 is 0. The maximum atomic E-state index is 10.9. The van der Waals surface area contributed by atoms with E-state index in [1.54, 1.807) is 6.07 Å². The highest BCUT2D eigenvalue weighted by molar-refractivity contribution is 9.09. The average Bonchev–Trinajstić information content (AvgIpc) is 2.38. The molecule has 1 aliphatic rings. The second-order valence-electron chi connectivity index (χ2n) is 4.82. The molecule has 4 heteroatoms. The third kappa shape index (κ3) is 3.07. The van der Waals surface area contributed by atoms with Gasteiger partial charge in [0.2, 0.25) is 0 Å². The standard InChI is InChI=1S/C14H16BrClO2/c15-13(14(17)18)10-6-7-11(12(16)8-10)9-4-2-1-3-5-9/h6-9,13H,1-5H2,(H,17,18). The molecule has 1 aromatic carbocycles. The van der Waals surface area contributed by atoms with Crippen molar-refractivity contribution in [3.63, 3.8) is 0 Å². The van der Waals surface area contributed by atoms with Crippen LogP contribution >= 0.6 is 27.5 Å². The summed E-state index contributed by atoms with van der Waals surface area (Å²) in [6, 6.07) is 5.63. The molecule has 0 bridgehead atoms. The first-order valence-corrected chi connectivity index (χ1v) is 7.55. The SMILES string of the molecule is O=C(O)C(Br)c1ccc(C2CCCCC2)c(Cl)c1. The summed E-state index contributed by atoms with van der Waals surface area (Å²) in [7, 11) is 0. The molecule has 1 atom stereocenters. The summed E-state index contributed by atoms with van der Waals surface area (Å²) >= 11 is 9.44. The van der Waals surface area contributed by atoms with Gasteiger partial charge in [0, 0.05) is 5.02 Å². The van der Waals surface area contributed by atoms with E-state index in [1.165, 1.54) is 37.7 Å². The minimum atomic E-state index is -0.892. The van der Waals surface area contributed by atoms with Crippen LogP contribution in [0.2, 0.25) is 5.02 Å². The van der Waals surface area contributed by atoms with Crippen LogP contribution in [0.3, 0.4) is 0 Å². The van der Waals surface area contributed by atoms with Crippen LogP contribution in [0.1, 0.15) is 54.0 Å². The fraction of sp³-hybridized carbons (Fsp3) is 0.500. The fourth-order valence-corrected chi connectivity index (χ4v) is 3.22. The van der Waals surface area contributed by atoms with Crippen molar-refractivity contribution >= 4 is 33.5 Å². The van der Waals surface area contributed by atoms with E-state index in [4.69, 9.17) is 16.7 Å². The van der Waals surface area contributed by atoms with Gasteiger partial charge in [-0.15, -0.1) is 0 Å². The number of carboxylic acid groups (broad SMARTS) is 1. The lowest BCUT2D eigenvalue weighted by atomic mass is 9.84. The molecule has 1 aliphatic carbocycles. The largest absolute Gasteiger partial charge is 0.480 e. The Morgan fingerprint density at radius 3 is 2.56 bits per heavy atom.